The molecule has 1 atom stereocenters. The summed E-state index contributed by atoms with van der Waals surface area (Å²) in [6.07, 6.45) is 2.77. The Morgan fingerprint density at radius 1 is 1.07 bits per heavy atom. The number of fused-ring (bicyclic) bond motifs is 1. The first-order valence-corrected chi connectivity index (χ1v) is 9.45. The monoisotopic (exact) mass is 407 g/mol. The lowest BCUT2D eigenvalue weighted by atomic mass is 10.0. The number of hydrogen-bond acceptors (Lipinski definition) is 5. The Hall–Kier alpha value is -2.32. The number of imidazole rings is 1. The van der Waals surface area contributed by atoms with E-state index >= 15 is 0 Å². The van der Waals surface area contributed by atoms with Gasteiger partial charge < -0.3 is 10.2 Å². The molecule has 1 unspecified atom stereocenters. The number of hydrogen-bond donors (Lipinski definition) is 2. The number of aromatic nitrogens is 2. The van der Waals surface area contributed by atoms with Crippen LogP contribution in [0.5, 0.6) is 0 Å². The minimum absolute atomic E-state index is 0. The molecule has 1 aromatic heterocycles. The zero-order valence-electron chi connectivity index (χ0n) is 16.1. The first-order chi connectivity index (χ1) is 13.0. The average molecular weight is 408 g/mol. The third-order valence-electron chi connectivity index (χ3n) is 5.86. The van der Waals surface area contributed by atoms with Gasteiger partial charge in [0.2, 0.25) is 11.8 Å². The van der Waals surface area contributed by atoms with Crippen LogP contribution in [0.2, 0.25) is 0 Å². The summed E-state index contributed by atoms with van der Waals surface area (Å²) in [4.78, 5) is 38.8. The summed E-state index contributed by atoms with van der Waals surface area (Å²) in [5, 5.41) is 5.72. The van der Waals surface area contributed by atoms with Crippen LogP contribution in [0.4, 0.5) is 5.69 Å². The number of aryl methyl sites for hydroxylation is 1. The molecule has 1 aromatic carbocycles. The van der Waals surface area contributed by atoms with Crippen molar-refractivity contribution in [3.05, 3.63) is 28.7 Å². The molecule has 2 aromatic rings. The second-order valence-corrected chi connectivity index (χ2v) is 7.44. The van der Waals surface area contributed by atoms with E-state index < -0.39 is 11.9 Å². The van der Waals surface area contributed by atoms with Crippen LogP contribution in [0.15, 0.2) is 23.0 Å². The fourth-order valence-electron chi connectivity index (χ4n) is 4.21. The molecule has 4 rings (SSSR count). The van der Waals surface area contributed by atoms with Crippen molar-refractivity contribution in [1.29, 1.82) is 0 Å². The zero-order valence-corrected chi connectivity index (χ0v) is 16.9. The normalized spacial score (nSPS) is 20.7. The highest BCUT2D eigenvalue weighted by molar-refractivity contribution is 6.00. The lowest BCUT2D eigenvalue weighted by Crippen LogP contribution is -2.44. The van der Waals surface area contributed by atoms with Crippen molar-refractivity contribution < 1.29 is 9.59 Å². The first kappa shape index (κ1) is 20.4. The average Bonchev–Trinajstić information content (AvgIpc) is 2.92. The van der Waals surface area contributed by atoms with Gasteiger partial charge in [0, 0.05) is 32.2 Å². The third kappa shape index (κ3) is 3.42. The van der Waals surface area contributed by atoms with Gasteiger partial charge in [-0.15, -0.1) is 12.4 Å². The predicted octanol–water partition coefficient (Wildman–Crippen LogP) is 0.928. The molecular formula is C19H26ClN5O3. The minimum Gasteiger partial charge on any atom is -0.371 e. The van der Waals surface area contributed by atoms with Crippen molar-refractivity contribution >= 4 is 40.9 Å². The first-order valence-electron chi connectivity index (χ1n) is 9.45. The molecule has 9 heteroatoms. The van der Waals surface area contributed by atoms with Gasteiger partial charge in [0.05, 0.1) is 11.0 Å². The molecule has 28 heavy (non-hydrogen) atoms. The highest BCUT2D eigenvalue weighted by Crippen LogP contribution is 2.27. The van der Waals surface area contributed by atoms with Gasteiger partial charge in [-0.1, -0.05) is 0 Å². The maximum absolute atomic E-state index is 12.8. The molecule has 3 heterocycles. The molecule has 2 aliphatic heterocycles. The van der Waals surface area contributed by atoms with E-state index in [1.165, 1.54) is 4.57 Å². The van der Waals surface area contributed by atoms with Gasteiger partial charge in [0.25, 0.3) is 0 Å². The molecule has 2 fully saturated rings. The van der Waals surface area contributed by atoms with Gasteiger partial charge in [-0.3, -0.25) is 24.0 Å². The quantitative estimate of drug-likeness (QED) is 0.739. The number of benzene rings is 1. The summed E-state index contributed by atoms with van der Waals surface area (Å²) in [6, 6.07) is 5.76. The summed E-state index contributed by atoms with van der Waals surface area (Å²) >= 11 is 0. The second kappa shape index (κ2) is 7.97. The van der Waals surface area contributed by atoms with E-state index in [1.807, 2.05) is 18.2 Å². The van der Waals surface area contributed by atoms with Gasteiger partial charge >= 0.3 is 5.69 Å². The van der Waals surface area contributed by atoms with E-state index in [0.717, 1.165) is 42.7 Å². The third-order valence-corrected chi connectivity index (χ3v) is 5.86. The van der Waals surface area contributed by atoms with Crippen LogP contribution in [0, 0.1) is 0 Å². The maximum Gasteiger partial charge on any atom is 0.329 e. The Labute approximate surface area is 169 Å². The summed E-state index contributed by atoms with van der Waals surface area (Å²) in [5.41, 5.74) is 2.34. The van der Waals surface area contributed by atoms with Crippen LogP contribution in [-0.4, -0.2) is 47.1 Å². The van der Waals surface area contributed by atoms with Crippen LogP contribution in [0.1, 0.15) is 31.7 Å². The molecule has 2 saturated heterocycles. The number of amides is 2. The van der Waals surface area contributed by atoms with Crippen molar-refractivity contribution in [2.24, 2.45) is 7.05 Å². The summed E-state index contributed by atoms with van der Waals surface area (Å²) < 4.78 is 3.10. The number of rotatable bonds is 3. The van der Waals surface area contributed by atoms with E-state index in [4.69, 9.17) is 0 Å². The van der Waals surface area contributed by atoms with E-state index in [0.29, 0.717) is 12.5 Å². The number of halogens is 1. The Bertz CT molecular complexity index is 960. The Balaban J connectivity index is 0.00000225. The van der Waals surface area contributed by atoms with Gasteiger partial charge in [0.15, 0.2) is 0 Å². The molecular weight excluding hydrogens is 382 g/mol. The van der Waals surface area contributed by atoms with Crippen molar-refractivity contribution in [2.45, 2.75) is 37.8 Å². The fraction of sp³-hybridized carbons (Fsp3) is 0.526. The summed E-state index contributed by atoms with van der Waals surface area (Å²) in [5.74, 6) is -0.688. The smallest absolute Gasteiger partial charge is 0.329 e. The highest BCUT2D eigenvalue weighted by atomic mass is 35.5. The summed E-state index contributed by atoms with van der Waals surface area (Å²) in [7, 11) is 3.81. The van der Waals surface area contributed by atoms with Crippen LogP contribution in [0.25, 0.3) is 11.0 Å². The molecule has 0 aliphatic carbocycles. The molecule has 2 amide bonds. The number of piperidine rings is 2. The minimum atomic E-state index is -0.646. The van der Waals surface area contributed by atoms with E-state index in [9.17, 15) is 14.4 Å². The standard InChI is InChI=1S/C19H25N5O3.ClH/c1-22(12-7-9-20-10-8-12)13-3-4-14-16(11-13)23(2)19(27)24(14)15-5-6-17(25)21-18(15)26;/h3-4,11-12,15,20H,5-10H2,1-2H3,(H,21,25,26);1H. The zero-order chi connectivity index (χ0) is 19.1. The Morgan fingerprint density at radius 2 is 1.79 bits per heavy atom. The molecule has 0 spiro atoms. The Kier molecular flexibility index (Phi) is 5.81. The number of imide groups is 1. The number of carbonyl (C=O) groups excluding carboxylic acids is 2. The van der Waals surface area contributed by atoms with Crippen LogP contribution in [0.3, 0.4) is 0 Å². The van der Waals surface area contributed by atoms with Crippen molar-refractivity contribution in [2.75, 3.05) is 25.0 Å². The lowest BCUT2D eigenvalue weighted by molar-refractivity contribution is -0.135. The van der Waals surface area contributed by atoms with Gasteiger partial charge in [-0.25, -0.2) is 4.79 Å². The largest absolute Gasteiger partial charge is 0.371 e. The van der Waals surface area contributed by atoms with Crippen LogP contribution in [-0.2, 0) is 16.6 Å². The van der Waals surface area contributed by atoms with E-state index in [-0.39, 0.29) is 30.4 Å². The summed E-state index contributed by atoms with van der Waals surface area (Å²) in [6.45, 7) is 2.03. The van der Waals surface area contributed by atoms with Crippen LogP contribution >= 0.6 is 12.4 Å². The van der Waals surface area contributed by atoms with Gasteiger partial charge in [0.1, 0.15) is 6.04 Å². The second-order valence-electron chi connectivity index (χ2n) is 7.44. The number of carbonyl (C=O) groups is 2. The molecule has 152 valence electrons. The predicted molar refractivity (Wildman–Crippen MR) is 110 cm³/mol. The molecule has 2 aliphatic rings. The van der Waals surface area contributed by atoms with Gasteiger partial charge in [-0.2, -0.15) is 0 Å². The number of anilines is 1. The SMILES string of the molecule is CN(c1ccc2c(c1)n(C)c(=O)n2C1CCC(=O)NC1=O)C1CCNCC1.Cl. The molecule has 0 bridgehead atoms. The number of nitrogens with one attached hydrogen (secondary N) is 2. The Morgan fingerprint density at radius 3 is 2.46 bits per heavy atom. The number of nitrogens with zero attached hydrogens (tertiary/aromatic N) is 3. The molecule has 0 radical (unpaired) electrons. The highest BCUT2D eigenvalue weighted by Gasteiger charge is 2.31. The lowest BCUT2D eigenvalue weighted by Gasteiger charge is -2.33. The van der Waals surface area contributed by atoms with E-state index in [2.05, 4.69) is 22.6 Å². The molecule has 2 N–H and O–H groups in total. The van der Waals surface area contributed by atoms with E-state index in [1.54, 1.807) is 11.6 Å². The fourth-order valence-corrected chi connectivity index (χ4v) is 4.21. The topological polar surface area (TPSA) is 88.4 Å². The van der Waals surface area contributed by atoms with Crippen LogP contribution < -0.4 is 21.2 Å². The van der Waals surface area contributed by atoms with Crippen molar-refractivity contribution in [3.8, 4) is 0 Å². The van der Waals surface area contributed by atoms with Gasteiger partial charge in [-0.05, 0) is 50.6 Å². The maximum atomic E-state index is 12.8. The van der Waals surface area contributed by atoms with Crippen molar-refractivity contribution in [3.63, 3.8) is 0 Å². The molecule has 8 nitrogen and oxygen atoms in total. The van der Waals surface area contributed by atoms with Crippen molar-refractivity contribution in [1.82, 2.24) is 19.8 Å². The molecule has 0 saturated carbocycles.